The van der Waals surface area contributed by atoms with Crippen LogP contribution < -0.4 is 0 Å². The minimum absolute atomic E-state index is 0.182. The van der Waals surface area contributed by atoms with Crippen LogP contribution in [0.5, 0.6) is 0 Å². The molecule has 0 bridgehead atoms. The fourth-order valence-corrected chi connectivity index (χ4v) is 4.17. The van der Waals surface area contributed by atoms with Crippen LogP contribution in [0.3, 0.4) is 0 Å². The Labute approximate surface area is 166 Å². The van der Waals surface area contributed by atoms with E-state index in [-0.39, 0.29) is 5.82 Å². The van der Waals surface area contributed by atoms with Gasteiger partial charge in [-0.1, -0.05) is 12.1 Å². The van der Waals surface area contributed by atoms with Gasteiger partial charge in [-0.2, -0.15) is 5.10 Å². The van der Waals surface area contributed by atoms with Crippen LogP contribution in [0.4, 0.5) is 4.39 Å². The van der Waals surface area contributed by atoms with Crippen molar-refractivity contribution in [3.63, 3.8) is 0 Å². The first-order valence-electron chi connectivity index (χ1n) is 10.1. The number of aromatic nitrogens is 3. The molecule has 1 fully saturated rings. The molecule has 3 aromatic rings. The predicted octanol–water partition coefficient (Wildman–Crippen LogP) is 4.67. The first-order valence-corrected chi connectivity index (χ1v) is 10.1. The highest BCUT2D eigenvalue weighted by Crippen LogP contribution is 2.33. The van der Waals surface area contributed by atoms with Gasteiger partial charge in [0.2, 0.25) is 0 Å². The molecule has 1 unspecified atom stereocenters. The molecule has 0 aliphatic carbocycles. The Bertz CT molecular complexity index is 949. The Hall–Kier alpha value is -2.53. The summed E-state index contributed by atoms with van der Waals surface area (Å²) < 4.78 is 15.5. The van der Waals surface area contributed by atoms with E-state index < -0.39 is 0 Å². The third-order valence-electron chi connectivity index (χ3n) is 5.43. The zero-order chi connectivity index (χ0) is 19.5. The molecule has 1 aromatic carbocycles. The third-order valence-corrected chi connectivity index (χ3v) is 5.43. The van der Waals surface area contributed by atoms with Crippen molar-refractivity contribution in [2.45, 2.75) is 52.2 Å². The van der Waals surface area contributed by atoms with Crippen LogP contribution >= 0.6 is 0 Å². The van der Waals surface area contributed by atoms with Crippen LogP contribution in [-0.4, -0.2) is 26.2 Å². The lowest BCUT2D eigenvalue weighted by Gasteiger charge is -2.24. The van der Waals surface area contributed by atoms with E-state index in [1.54, 1.807) is 12.1 Å². The number of likely N-dealkylation sites (tertiary alicyclic amines) is 1. The Kier molecular flexibility index (Phi) is 5.53. The van der Waals surface area contributed by atoms with Crippen molar-refractivity contribution in [3.05, 3.63) is 82.7 Å². The molecule has 0 amide bonds. The fourth-order valence-electron chi connectivity index (χ4n) is 4.17. The summed E-state index contributed by atoms with van der Waals surface area (Å²) in [6, 6.07) is 11.5. The van der Waals surface area contributed by atoms with E-state index in [1.807, 2.05) is 23.9 Å². The second-order valence-electron chi connectivity index (χ2n) is 7.68. The summed E-state index contributed by atoms with van der Waals surface area (Å²) in [6.07, 6.45) is 7.13. The van der Waals surface area contributed by atoms with Crippen molar-refractivity contribution in [1.82, 2.24) is 19.7 Å². The number of hydrogen-bond donors (Lipinski definition) is 0. The minimum Gasteiger partial charge on any atom is -0.290 e. The minimum atomic E-state index is -0.182. The molecule has 4 nitrogen and oxygen atoms in total. The monoisotopic (exact) mass is 378 g/mol. The van der Waals surface area contributed by atoms with Crippen LogP contribution in [0.15, 0.2) is 48.8 Å². The molecular formula is C23H27FN4. The van der Waals surface area contributed by atoms with Gasteiger partial charge in [-0.3, -0.25) is 14.6 Å². The van der Waals surface area contributed by atoms with Gasteiger partial charge >= 0.3 is 0 Å². The number of aryl methyl sites for hydroxylation is 2. The van der Waals surface area contributed by atoms with E-state index >= 15 is 0 Å². The highest BCUT2D eigenvalue weighted by molar-refractivity contribution is 5.30. The van der Waals surface area contributed by atoms with Crippen molar-refractivity contribution >= 4 is 0 Å². The smallest absolute Gasteiger partial charge is 0.123 e. The molecule has 0 N–H and O–H groups in total. The lowest BCUT2D eigenvalue weighted by Crippen LogP contribution is -2.23. The van der Waals surface area contributed by atoms with Crippen LogP contribution in [0.2, 0.25) is 0 Å². The number of halogens is 1. The molecule has 0 spiro atoms. The second-order valence-corrected chi connectivity index (χ2v) is 7.68. The van der Waals surface area contributed by atoms with E-state index in [9.17, 15) is 4.39 Å². The molecule has 0 saturated carbocycles. The maximum Gasteiger partial charge on any atom is 0.123 e. The standard InChI is InChI=1S/C23H27FN4/c1-3-28-16-20(14-25-28)15-27-9-5-8-23(27)22-13-19(10-17(2)26-22)11-18-6-4-7-21(24)12-18/h4,6-7,10,12-14,16,23H,3,5,8-9,11,15H2,1-2H3. The Balaban J connectivity index is 1.54. The van der Waals surface area contributed by atoms with E-state index in [0.717, 1.165) is 49.4 Å². The Morgan fingerprint density at radius 1 is 1.14 bits per heavy atom. The quantitative estimate of drug-likeness (QED) is 0.625. The molecule has 1 saturated heterocycles. The lowest BCUT2D eigenvalue weighted by atomic mass is 10.0. The predicted molar refractivity (Wildman–Crippen MR) is 108 cm³/mol. The summed E-state index contributed by atoms with van der Waals surface area (Å²) in [5.41, 5.74) is 5.59. The molecule has 0 radical (unpaired) electrons. The lowest BCUT2D eigenvalue weighted by molar-refractivity contribution is 0.244. The Morgan fingerprint density at radius 3 is 2.82 bits per heavy atom. The van der Waals surface area contributed by atoms with Crippen molar-refractivity contribution in [1.29, 1.82) is 0 Å². The van der Waals surface area contributed by atoms with Gasteiger partial charge in [0.1, 0.15) is 5.82 Å². The van der Waals surface area contributed by atoms with Crippen LogP contribution in [-0.2, 0) is 19.5 Å². The van der Waals surface area contributed by atoms with Crippen molar-refractivity contribution < 1.29 is 4.39 Å². The van der Waals surface area contributed by atoms with Gasteiger partial charge in [0.05, 0.1) is 17.9 Å². The number of benzene rings is 1. The molecule has 3 heterocycles. The number of rotatable bonds is 6. The maximum atomic E-state index is 13.5. The molecule has 1 aliphatic rings. The van der Waals surface area contributed by atoms with Crippen LogP contribution in [0, 0.1) is 12.7 Å². The van der Waals surface area contributed by atoms with Gasteiger partial charge in [0.15, 0.2) is 0 Å². The van der Waals surface area contributed by atoms with Gasteiger partial charge in [-0.05, 0) is 75.0 Å². The van der Waals surface area contributed by atoms with E-state index in [4.69, 9.17) is 4.98 Å². The highest BCUT2D eigenvalue weighted by Gasteiger charge is 2.27. The molecule has 1 aliphatic heterocycles. The summed E-state index contributed by atoms with van der Waals surface area (Å²) in [6.45, 7) is 7.03. The van der Waals surface area contributed by atoms with Gasteiger partial charge < -0.3 is 0 Å². The normalized spacial score (nSPS) is 17.3. The molecule has 28 heavy (non-hydrogen) atoms. The number of hydrogen-bond acceptors (Lipinski definition) is 3. The first-order chi connectivity index (χ1) is 13.6. The molecule has 1 atom stereocenters. The van der Waals surface area contributed by atoms with Crippen molar-refractivity contribution in [2.75, 3.05) is 6.54 Å². The summed E-state index contributed by atoms with van der Waals surface area (Å²) >= 11 is 0. The van der Waals surface area contributed by atoms with Gasteiger partial charge in [0, 0.05) is 30.5 Å². The summed E-state index contributed by atoms with van der Waals surface area (Å²) in [5, 5.41) is 4.40. The van der Waals surface area contributed by atoms with E-state index in [0.29, 0.717) is 6.04 Å². The van der Waals surface area contributed by atoms with Crippen LogP contribution in [0.25, 0.3) is 0 Å². The average molecular weight is 378 g/mol. The molecule has 5 heteroatoms. The van der Waals surface area contributed by atoms with Gasteiger partial charge in [-0.25, -0.2) is 4.39 Å². The third kappa shape index (κ3) is 4.30. The van der Waals surface area contributed by atoms with Gasteiger partial charge in [-0.15, -0.1) is 0 Å². The molecular weight excluding hydrogens is 351 g/mol. The zero-order valence-corrected chi connectivity index (χ0v) is 16.6. The number of nitrogens with zero attached hydrogens (tertiary/aromatic N) is 4. The SMILES string of the molecule is CCn1cc(CN2CCCC2c2cc(Cc3cccc(F)c3)cc(C)n2)cn1. The fraction of sp³-hybridized carbons (Fsp3) is 0.391. The van der Waals surface area contributed by atoms with Crippen LogP contribution in [0.1, 0.15) is 53.9 Å². The Morgan fingerprint density at radius 2 is 2.04 bits per heavy atom. The summed E-state index contributed by atoms with van der Waals surface area (Å²) in [5.74, 6) is -0.182. The second kappa shape index (κ2) is 8.23. The first kappa shape index (κ1) is 18.8. The van der Waals surface area contributed by atoms with E-state index in [2.05, 4.69) is 35.3 Å². The summed E-state index contributed by atoms with van der Waals surface area (Å²) in [4.78, 5) is 7.36. The summed E-state index contributed by atoms with van der Waals surface area (Å²) in [7, 11) is 0. The zero-order valence-electron chi connectivity index (χ0n) is 16.6. The molecule has 4 rings (SSSR count). The highest BCUT2D eigenvalue weighted by atomic mass is 19.1. The average Bonchev–Trinajstić information content (AvgIpc) is 3.31. The maximum absolute atomic E-state index is 13.5. The van der Waals surface area contributed by atoms with Crippen molar-refractivity contribution in [3.8, 4) is 0 Å². The topological polar surface area (TPSA) is 34.0 Å². The number of pyridine rings is 1. The molecule has 146 valence electrons. The molecule has 2 aromatic heterocycles. The van der Waals surface area contributed by atoms with Gasteiger partial charge in [0.25, 0.3) is 0 Å². The largest absolute Gasteiger partial charge is 0.290 e. The van der Waals surface area contributed by atoms with E-state index in [1.165, 1.54) is 23.6 Å². The van der Waals surface area contributed by atoms with Crippen molar-refractivity contribution in [2.24, 2.45) is 0 Å².